The number of carbonyl (C=O) groups excluding carboxylic acids is 1. The molecule has 0 spiro atoms. The van der Waals surface area contributed by atoms with Crippen molar-refractivity contribution < 1.29 is 4.79 Å². The smallest absolute Gasteiger partial charge is 0.187 e. The van der Waals surface area contributed by atoms with Crippen LogP contribution in [0.2, 0.25) is 0 Å². The topological polar surface area (TPSA) is 21.4 Å². The fourth-order valence-corrected chi connectivity index (χ4v) is 0.942. The van der Waals surface area contributed by atoms with Crippen molar-refractivity contribution in [1.29, 1.82) is 0 Å². The highest BCUT2D eigenvalue weighted by atomic mass is 16.1. The molecule has 0 aromatic heterocycles. The van der Waals surface area contributed by atoms with Crippen molar-refractivity contribution in [2.24, 2.45) is 0 Å². The standard InChI is InChI=1S/C11H9NO/c1-9(8-13)7-10-3-5-11(12-2)6-4-10/h3-8H,1H3/b9-7+. The zero-order valence-corrected chi connectivity index (χ0v) is 7.32. The van der Waals surface area contributed by atoms with Crippen LogP contribution < -0.4 is 0 Å². The Morgan fingerprint density at radius 1 is 1.38 bits per heavy atom. The number of hydrogen-bond donors (Lipinski definition) is 0. The molecule has 0 radical (unpaired) electrons. The Morgan fingerprint density at radius 3 is 2.46 bits per heavy atom. The van der Waals surface area contributed by atoms with E-state index in [1.165, 1.54) is 0 Å². The molecule has 0 aliphatic heterocycles. The van der Waals surface area contributed by atoms with Crippen molar-refractivity contribution in [2.45, 2.75) is 6.92 Å². The van der Waals surface area contributed by atoms with Crippen LogP contribution in [0.25, 0.3) is 10.9 Å². The lowest BCUT2D eigenvalue weighted by Gasteiger charge is -1.93. The molecule has 13 heavy (non-hydrogen) atoms. The summed E-state index contributed by atoms with van der Waals surface area (Å²) in [6.07, 6.45) is 2.59. The van der Waals surface area contributed by atoms with E-state index in [1.807, 2.05) is 12.1 Å². The van der Waals surface area contributed by atoms with Gasteiger partial charge in [0.15, 0.2) is 5.69 Å². The molecule has 0 atom stereocenters. The first-order valence-corrected chi connectivity index (χ1v) is 3.87. The summed E-state index contributed by atoms with van der Waals surface area (Å²) in [6.45, 7) is 8.49. The van der Waals surface area contributed by atoms with Crippen molar-refractivity contribution in [1.82, 2.24) is 0 Å². The Morgan fingerprint density at radius 2 is 2.00 bits per heavy atom. The van der Waals surface area contributed by atoms with Gasteiger partial charge in [-0.25, -0.2) is 4.85 Å². The molecule has 0 N–H and O–H groups in total. The van der Waals surface area contributed by atoms with E-state index < -0.39 is 0 Å². The SMILES string of the molecule is [C-]#[N+]c1ccc(/C=C(\C)C=O)cc1. The van der Waals surface area contributed by atoms with E-state index in [1.54, 1.807) is 25.1 Å². The molecule has 2 heteroatoms. The van der Waals surface area contributed by atoms with Crippen LogP contribution in [0.3, 0.4) is 0 Å². The van der Waals surface area contributed by atoms with Gasteiger partial charge in [-0.05, 0) is 24.1 Å². The Hall–Kier alpha value is -1.88. The van der Waals surface area contributed by atoms with Gasteiger partial charge in [-0.1, -0.05) is 24.3 Å². The van der Waals surface area contributed by atoms with Crippen molar-refractivity contribution >= 4 is 18.0 Å². The number of benzene rings is 1. The van der Waals surface area contributed by atoms with Crippen LogP contribution in [0, 0.1) is 6.57 Å². The zero-order valence-electron chi connectivity index (χ0n) is 7.32. The molecule has 0 fully saturated rings. The van der Waals surface area contributed by atoms with Crippen molar-refractivity contribution in [3.05, 3.63) is 46.8 Å². The van der Waals surface area contributed by atoms with E-state index in [0.717, 1.165) is 11.8 Å². The average molecular weight is 171 g/mol. The summed E-state index contributed by atoms with van der Waals surface area (Å²) >= 11 is 0. The summed E-state index contributed by atoms with van der Waals surface area (Å²) in [5.41, 5.74) is 2.23. The van der Waals surface area contributed by atoms with Gasteiger partial charge in [0.05, 0.1) is 6.57 Å². The van der Waals surface area contributed by atoms with E-state index in [0.29, 0.717) is 11.3 Å². The average Bonchev–Trinajstić information content (AvgIpc) is 2.19. The van der Waals surface area contributed by atoms with Gasteiger partial charge in [-0.3, -0.25) is 4.79 Å². The summed E-state index contributed by atoms with van der Waals surface area (Å²) in [5.74, 6) is 0. The summed E-state index contributed by atoms with van der Waals surface area (Å²) in [4.78, 5) is 13.6. The van der Waals surface area contributed by atoms with Crippen molar-refractivity contribution in [2.75, 3.05) is 0 Å². The van der Waals surface area contributed by atoms with Gasteiger partial charge < -0.3 is 0 Å². The van der Waals surface area contributed by atoms with Crippen LogP contribution in [0.5, 0.6) is 0 Å². The van der Waals surface area contributed by atoms with Gasteiger partial charge in [0.25, 0.3) is 0 Å². The van der Waals surface area contributed by atoms with Gasteiger partial charge in [-0.2, -0.15) is 0 Å². The third-order valence-electron chi connectivity index (χ3n) is 1.60. The molecular formula is C11H9NO. The van der Waals surface area contributed by atoms with Gasteiger partial charge >= 0.3 is 0 Å². The van der Waals surface area contributed by atoms with Crippen molar-refractivity contribution in [3.63, 3.8) is 0 Å². The molecule has 0 aliphatic rings. The fourth-order valence-electron chi connectivity index (χ4n) is 0.942. The molecule has 1 rings (SSSR count). The predicted octanol–water partition coefficient (Wildman–Crippen LogP) is 2.84. The molecule has 1 aromatic rings. The van der Waals surface area contributed by atoms with E-state index in [4.69, 9.17) is 6.57 Å². The largest absolute Gasteiger partial charge is 0.298 e. The molecule has 0 bridgehead atoms. The summed E-state index contributed by atoms with van der Waals surface area (Å²) in [7, 11) is 0. The van der Waals surface area contributed by atoms with E-state index >= 15 is 0 Å². The lowest BCUT2D eigenvalue weighted by atomic mass is 10.1. The second-order valence-electron chi connectivity index (χ2n) is 2.71. The van der Waals surface area contributed by atoms with Gasteiger partial charge in [0.1, 0.15) is 6.29 Å². The Labute approximate surface area is 77.3 Å². The first kappa shape index (κ1) is 9.21. The molecule has 0 saturated heterocycles. The highest BCUT2D eigenvalue weighted by Crippen LogP contribution is 2.14. The summed E-state index contributed by atoms with van der Waals surface area (Å²) < 4.78 is 0. The number of carbonyl (C=O) groups is 1. The highest BCUT2D eigenvalue weighted by Gasteiger charge is 1.91. The third-order valence-corrected chi connectivity index (χ3v) is 1.60. The van der Waals surface area contributed by atoms with Crippen LogP contribution in [0.1, 0.15) is 12.5 Å². The minimum atomic E-state index is 0.612. The van der Waals surface area contributed by atoms with Gasteiger partial charge in [0, 0.05) is 0 Å². The minimum absolute atomic E-state index is 0.612. The number of aldehydes is 1. The Kier molecular flexibility index (Phi) is 2.99. The maximum atomic E-state index is 10.3. The normalized spacial score (nSPS) is 10.6. The van der Waals surface area contributed by atoms with Crippen LogP contribution in [-0.4, -0.2) is 6.29 Å². The quantitative estimate of drug-likeness (QED) is 0.381. The molecule has 2 nitrogen and oxygen atoms in total. The maximum Gasteiger partial charge on any atom is 0.187 e. The first-order chi connectivity index (χ1) is 6.26. The number of allylic oxidation sites excluding steroid dienone is 1. The second kappa shape index (κ2) is 4.22. The first-order valence-electron chi connectivity index (χ1n) is 3.87. The molecule has 0 saturated carbocycles. The molecule has 64 valence electrons. The van der Waals surface area contributed by atoms with Crippen LogP contribution in [0.4, 0.5) is 5.69 Å². The zero-order chi connectivity index (χ0) is 9.68. The minimum Gasteiger partial charge on any atom is -0.298 e. The lowest BCUT2D eigenvalue weighted by Crippen LogP contribution is -1.76. The molecule has 0 heterocycles. The summed E-state index contributed by atoms with van der Waals surface area (Å²) in [6, 6.07) is 7.11. The second-order valence-corrected chi connectivity index (χ2v) is 2.71. The Balaban J connectivity index is 2.94. The Bertz CT molecular complexity index is 368. The molecule has 1 aromatic carbocycles. The van der Waals surface area contributed by atoms with Crippen LogP contribution in [-0.2, 0) is 4.79 Å². The van der Waals surface area contributed by atoms with Gasteiger partial charge in [-0.15, -0.1) is 0 Å². The van der Waals surface area contributed by atoms with E-state index in [-0.39, 0.29) is 0 Å². The molecule has 0 amide bonds. The monoisotopic (exact) mass is 171 g/mol. The fraction of sp³-hybridized carbons (Fsp3) is 0.0909. The predicted molar refractivity (Wildman–Crippen MR) is 52.4 cm³/mol. The molecule has 0 aliphatic carbocycles. The number of rotatable bonds is 2. The summed E-state index contributed by atoms with van der Waals surface area (Å²) in [5, 5.41) is 0. The van der Waals surface area contributed by atoms with Gasteiger partial charge in [0.2, 0.25) is 0 Å². The maximum absolute atomic E-state index is 10.3. The molecule has 0 unspecified atom stereocenters. The van der Waals surface area contributed by atoms with Crippen LogP contribution in [0.15, 0.2) is 29.8 Å². The van der Waals surface area contributed by atoms with Crippen molar-refractivity contribution in [3.8, 4) is 0 Å². The number of nitrogens with zero attached hydrogens (tertiary/aromatic N) is 1. The lowest BCUT2D eigenvalue weighted by molar-refractivity contribution is -0.104. The van der Waals surface area contributed by atoms with E-state index in [2.05, 4.69) is 4.85 Å². The number of hydrogen-bond acceptors (Lipinski definition) is 1. The molecular weight excluding hydrogens is 162 g/mol. The highest BCUT2D eigenvalue weighted by molar-refractivity contribution is 5.80. The van der Waals surface area contributed by atoms with E-state index in [9.17, 15) is 4.79 Å². The third kappa shape index (κ3) is 2.57. The van der Waals surface area contributed by atoms with Crippen LogP contribution >= 0.6 is 0 Å².